The number of carbonyl (C=O) groups excluding carboxylic acids is 3. The number of hydrogen-bond acceptors (Lipinski definition) is 4. The van der Waals surface area contributed by atoms with Crippen LogP contribution >= 0.6 is 11.6 Å². The lowest BCUT2D eigenvalue weighted by atomic mass is 10.1. The summed E-state index contributed by atoms with van der Waals surface area (Å²) in [7, 11) is 0. The first-order valence-electron chi connectivity index (χ1n) is 9.48. The summed E-state index contributed by atoms with van der Waals surface area (Å²) < 4.78 is 5.19. The highest BCUT2D eigenvalue weighted by Crippen LogP contribution is 2.31. The smallest absolute Gasteiger partial charge is 0.338 e. The molecule has 0 saturated carbocycles. The van der Waals surface area contributed by atoms with Gasteiger partial charge in [0.15, 0.2) is 0 Å². The number of esters is 1. The number of rotatable bonds is 6. The van der Waals surface area contributed by atoms with Gasteiger partial charge >= 0.3 is 5.97 Å². The van der Waals surface area contributed by atoms with Gasteiger partial charge in [0.05, 0.1) is 28.8 Å². The molecule has 0 radical (unpaired) electrons. The molecule has 2 amide bonds. The van der Waals surface area contributed by atoms with E-state index in [1.54, 1.807) is 53.4 Å². The Labute approximate surface area is 174 Å². The zero-order valence-corrected chi connectivity index (χ0v) is 17.1. The van der Waals surface area contributed by atoms with Crippen molar-refractivity contribution in [2.24, 2.45) is 11.8 Å². The molecule has 2 aromatic rings. The summed E-state index contributed by atoms with van der Waals surface area (Å²) >= 11 is 6.17. The first-order valence-corrected chi connectivity index (χ1v) is 9.86. The molecule has 1 N–H and O–H groups in total. The van der Waals surface area contributed by atoms with Crippen molar-refractivity contribution in [3.8, 4) is 0 Å². The van der Waals surface area contributed by atoms with Crippen LogP contribution in [0.5, 0.6) is 0 Å². The number of nitrogens with one attached hydrogen (secondary N) is 1. The summed E-state index contributed by atoms with van der Waals surface area (Å²) in [5.74, 6) is -0.996. The summed E-state index contributed by atoms with van der Waals surface area (Å²) in [4.78, 5) is 38.5. The van der Waals surface area contributed by atoms with Gasteiger partial charge in [0.25, 0.3) is 0 Å². The molecule has 0 aromatic heterocycles. The van der Waals surface area contributed by atoms with E-state index >= 15 is 0 Å². The van der Waals surface area contributed by atoms with Crippen molar-refractivity contribution in [1.29, 1.82) is 0 Å². The fourth-order valence-corrected chi connectivity index (χ4v) is 3.28. The van der Waals surface area contributed by atoms with Crippen molar-refractivity contribution in [3.05, 3.63) is 59.1 Å². The molecule has 0 unspecified atom stereocenters. The molecule has 6 nitrogen and oxygen atoms in total. The van der Waals surface area contributed by atoms with Gasteiger partial charge in [-0.25, -0.2) is 4.79 Å². The lowest BCUT2D eigenvalue weighted by Crippen LogP contribution is -2.28. The Kier molecular flexibility index (Phi) is 6.54. The van der Waals surface area contributed by atoms with Gasteiger partial charge < -0.3 is 15.0 Å². The zero-order chi connectivity index (χ0) is 21.0. The fraction of sp³-hybridized carbons (Fsp3) is 0.318. The van der Waals surface area contributed by atoms with Crippen LogP contribution in [0.4, 0.5) is 11.4 Å². The molecule has 29 heavy (non-hydrogen) atoms. The van der Waals surface area contributed by atoms with Gasteiger partial charge in [0.1, 0.15) is 0 Å². The van der Waals surface area contributed by atoms with Gasteiger partial charge in [0, 0.05) is 18.7 Å². The molecule has 2 aromatic carbocycles. The van der Waals surface area contributed by atoms with Crippen molar-refractivity contribution in [2.45, 2.75) is 20.3 Å². The Morgan fingerprint density at radius 3 is 2.52 bits per heavy atom. The minimum atomic E-state index is -0.477. The summed E-state index contributed by atoms with van der Waals surface area (Å²) in [6.45, 7) is 4.56. The number of amides is 2. The van der Waals surface area contributed by atoms with E-state index in [1.807, 2.05) is 13.8 Å². The highest BCUT2D eigenvalue weighted by atomic mass is 35.5. The van der Waals surface area contributed by atoms with Crippen LogP contribution in [0.25, 0.3) is 0 Å². The second-order valence-corrected chi connectivity index (χ2v) is 7.82. The van der Waals surface area contributed by atoms with E-state index in [4.69, 9.17) is 16.3 Å². The van der Waals surface area contributed by atoms with Crippen molar-refractivity contribution >= 4 is 40.8 Å². The Balaban J connectivity index is 1.60. The van der Waals surface area contributed by atoms with E-state index in [2.05, 4.69) is 5.32 Å². The van der Waals surface area contributed by atoms with Crippen LogP contribution in [-0.2, 0) is 14.3 Å². The van der Waals surface area contributed by atoms with Crippen LogP contribution in [0.1, 0.15) is 30.6 Å². The molecule has 0 bridgehead atoms. The number of anilines is 2. The third-order valence-electron chi connectivity index (χ3n) is 4.57. The number of para-hydroxylation sites is 1. The lowest BCUT2D eigenvalue weighted by molar-refractivity contribution is -0.122. The molecule has 1 aliphatic rings. The number of nitrogens with zero attached hydrogens (tertiary/aromatic N) is 1. The Hall–Kier alpha value is -2.86. The van der Waals surface area contributed by atoms with Crippen LogP contribution in [0, 0.1) is 11.8 Å². The summed E-state index contributed by atoms with van der Waals surface area (Å²) in [6, 6.07) is 13.6. The normalized spacial score (nSPS) is 16.2. The topological polar surface area (TPSA) is 75.7 Å². The molecular weight excluding hydrogens is 392 g/mol. The highest BCUT2D eigenvalue weighted by Gasteiger charge is 2.35. The standard InChI is InChI=1S/C22H23ClN2O4/c1-14(2)13-29-22(28)15-7-9-17(10-8-15)24-21(27)16-11-20(26)25(12-16)19-6-4-3-5-18(19)23/h3-10,14,16H,11-13H2,1-2H3,(H,24,27)/t16-/m0/s1. The first-order chi connectivity index (χ1) is 13.8. The third-order valence-corrected chi connectivity index (χ3v) is 4.89. The fourth-order valence-electron chi connectivity index (χ4n) is 3.05. The molecule has 1 fully saturated rings. The second-order valence-electron chi connectivity index (χ2n) is 7.42. The summed E-state index contributed by atoms with van der Waals surface area (Å²) in [6.07, 6.45) is 0.122. The van der Waals surface area contributed by atoms with E-state index in [0.717, 1.165) is 0 Å². The molecular formula is C22H23ClN2O4. The lowest BCUT2D eigenvalue weighted by Gasteiger charge is -2.18. The van der Waals surface area contributed by atoms with Crippen molar-refractivity contribution in [2.75, 3.05) is 23.4 Å². The van der Waals surface area contributed by atoms with Crippen molar-refractivity contribution in [1.82, 2.24) is 0 Å². The minimum absolute atomic E-state index is 0.122. The quantitative estimate of drug-likeness (QED) is 0.720. The van der Waals surface area contributed by atoms with E-state index in [-0.39, 0.29) is 30.7 Å². The predicted octanol–water partition coefficient (Wildman–Crippen LogP) is 4.14. The molecule has 3 rings (SSSR count). The van der Waals surface area contributed by atoms with Gasteiger partial charge in [-0.1, -0.05) is 37.6 Å². The largest absolute Gasteiger partial charge is 0.462 e. The van der Waals surface area contributed by atoms with Gasteiger partial charge in [-0.15, -0.1) is 0 Å². The summed E-state index contributed by atoms with van der Waals surface area (Å²) in [5.41, 5.74) is 1.59. The number of hydrogen-bond donors (Lipinski definition) is 1. The van der Waals surface area contributed by atoms with Crippen LogP contribution in [0.2, 0.25) is 5.02 Å². The van der Waals surface area contributed by atoms with E-state index in [1.165, 1.54) is 0 Å². The molecule has 152 valence electrons. The molecule has 7 heteroatoms. The van der Waals surface area contributed by atoms with Gasteiger partial charge in [-0.05, 0) is 42.3 Å². The maximum atomic E-state index is 12.6. The first kappa shape index (κ1) is 20.9. The maximum Gasteiger partial charge on any atom is 0.338 e. The number of benzene rings is 2. The molecule has 0 spiro atoms. The number of ether oxygens (including phenoxy) is 1. The van der Waals surface area contributed by atoms with Crippen LogP contribution in [0.15, 0.2) is 48.5 Å². The molecule has 1 atom stereocenters. The SMILES string of the molecule is CC(C)COC(=O)c1ccc(NC(=O)[C@H]2CC(=O)N(c3ccccc3Cl)C2)cc1. The summed E-state index contributed by atoms with van der Waals surface area (Å²) in [5, 5.41) is 3.28. The molecule has 1 aliphatic heterocycles. The van der Waals surface area contributed by atoms with Crippen LogP contribution in [-0.4, -0.2) is 30.9 Å². The monoisotopic (exact) mass is 414 g/mol. The highest BCUT2D eigenvalue weighted by molar-refractivity contribution is 6.33. The number of carbonyl (C=O) groups is 3. The van der Waals surface area contributed by atoms with Gasteiger partial charge in [0.2, 0.25) is 11.8 Å². The molecule has 1 saturated heterocycles. The maximum absolute atomic E-state index is 12.6. The number of halogens is 1. The van der Waals surface area contributed by atoms with E-state index < -0.39 is 11.9 Å². The average molecular weight is 415 g/mol. The van der Waals surface area contributed by atoms with Gasteiger partial charge in [-0.3, -0.25) is 9.59 Å². The Morgan fingerprint density at radius 2 is 1.86 bits per heavy atom. The van der Waals surface area contributed by atoms with Crippen molar-refractivity contribution < 1.29 is 19.1 Å². The van der Waals surface area contributed by atoms with Crippen molar-refractivity contribution in [3.63, 3.8) is 0 Å². The Bertz CT molecular complexity index is 911. The van der Waals surface area contributed by atoms with Crippen LogP contribution < -0.4 is 10.2 Å². The van der Waals surface area contributed by atoms with Gasteiger partial charge in [-0.2, -0.15) is 0 Å². The predicted molar refractivity (Wildman–Crippen MR) is 112 cm³/mol. The zero-order valence-electron chi connectivity index (χ0n) is 16.4. The third kappa shape index (κ3) is 5.15. The molecule has 0 aliphatic carbocycles. The van der Waals surface area contributed by atoms with E-state index in [0.29, 0.717) is 28.6 Å². The Morgan fingerprint density at radius 1 is 1.17 bits per heavy atom. The molecule has 1 heterocycles. The average Bonchev–Trinajstić information content (AvgIpc) is 3.08. The minimum Gasteiger partial charge on any atom is -0.462 e. The van der Waals surface area contributed by atoms with E-state index in [9.17, 15) is 14.4 Å². The second kappa shape index (κ2) is 9.09. The van der Waals surface area contributed by atoms with Crippen LogP contribution in [0.3, 0.4) is 0 Å².